The van der Waals surface area contributed by atoms with Crippen LogP contribution in [0.15, 0.2) is 41.6 Å². The molecule has 2 aromatic carbocycles. The smallest absolute Gasteiger partial charge is 0.269 e. The van der Waals surface area contributed by atoms with E-state index in [1.165, 1.54) is 25.5 Å². The quantitative estimate of drug-likeness (QED) is 0.375. The van der Waals surface area contributed by atoms with Crippen LogP contribution in [0.4, 0.5) is 5.69 Å². The van der Waals surface area contributed by atoms with Crippen molar-refractivity contribution in [3.05, 3.63) is 62.7 Å². The van der Waals surface area contributed by atoms with Gasteiger partial charge < -0.3 is 14.3 Å². The minimum Gasteiger partial charge on any atom is -0.493 e. The first-order valence-electron chi connectivity index (χ1n) is 7.90. The van der Waals surface area contributed by atoms with E-state index >= 15 is 0 Å². The van der Waals surface area contributed by atoms with Gasteiger partial charge in [-0.05, 0) is 26.0 Å². The number of nitrogens with zero attached hydrogens (tertiary/aromatic N) is 2. The molecule has 0 aromatic heterocycles. The van der Waals surface area contributed by atoms with Crippen molar-refractivity contribution in [2.75, 3.05) is 13.7 Å². The van der Waals surface area contributed by atoms with E-state index in [9.17, 15) is 10.1 Å². The molecular formula is C18H19ClN2O5. The molecule has 0 radical (unpaired) electrons. The third kappa shape index (κ3) is 4.86. The standard InChI is InChI=1S/C18H19ClN2O5/c1-4-25-18-16(19)8-13(9-17(18)24-3)11-20-26-12(2)14-6-5-7-15(10-14)21(22)23/h5-12H,4H2,1-3H3/b20-11-/t12-/m1/s1. The molecule has 138 valence electrons. The predicted molar refractivity (Wildman–Crippen MR) is 99.4 cm³/mol. The van der Waals surface area contributed by atoms with Crippen LogP contribution in [0.25, 0.3) is 0 Å². The van der Waals surface area contributed by atoms with Crippen LogP contribution >= 0.6 is 11.6 Å². The summed E-state index contributed by atoms with van der Waals surface area (Å²) in [6.45, 7) is 4.07. The molecule has 0 N–H and O–H groups in total. The fraction of sp³-hybridized carbons (Fsp3) is 0.278. The summed E-state index contributed by atoms with van der Waals surface area (Å²) in [6.07, 6.45) is 1.03. The number of hydrogen-bond donors (Lipinski definition) is 0. The lowest BCUT2D eigenvalue weighted by Gasteiger charge is -2.12. The van der Waals surface area contributed by atoms with Crippen molar-refractivity contribution >= 4 is 23.5 Å². The highest BCUT2D eigenvalue weighted by Crippen LogP contribution is 2.36. The van der Waals surface area contributed by atoms with Gasteiger partial charge in [0, 0.05) is 23.3 Å². The van der Waals surface area contributed by atoms with Crippen LogP contribution in [0.2, 0.25) is 5.02 Å². The number of hydrogen-bond acceptors (Lipinski definition) is 6. The van der Waals surface area contributed by atoms with Gasteiger partial charge in [0.15, 0.2) is 11.5 Å². The van der Waals surface area contributed by atoms with Gasteiger partial charge in [0.05, 0.1) is 29.9 Å². The van der Waals surface area contributed by atoms with Crippen LogP contribution in [-0.4, -0.2) is 24.9 Å². The average Bonchev–Trinajstić information content (AvgIpc) is 2.63. The van der Waals surface area contributed by atoms with E-state index in [4.69, 9.17) is 25.9 Å². The van der Waals surface area contributed by atoms with Crippen molar-refractivity contribution in [2.45, 2.75) is 20.0 Å². The molecule has 0 spiro atoms. The molecule has 0 saturated carbocycles. The molecule has 0 heterocycles. The number of oxime groups is 1. The first-order valence-corrected chi connectivity index (χ1v) is 8.28. The van der Waals surface area contributed by atoms with E-state index in [1.54, 1.807) is 31.2 Å². The molecule has 1 atom stereocenters. The lowest BCUT2D eigenvalue weighted by molar-refractivity contribution is -0.385. The summed E-state index contributed by atoms with van der Waals surface area (Å²) in [5, 5.41) is 15.2. The summed E-state index contributed by atoms with van der Waals surface area (Å²) < 4.78 is 10.7. The molecule has 0 aliphatic rings. The third-order valence-electron chi connectivity index (χ3n) is 3.51. The van der Waals surface area contributed by atoms with Gasteiger partial charge in [-0.2, -0.15) is 0 Å². The second kappa shape index (κ2) is 9.05. The molecule has 0 amide bonds. The molecule has 2 rings (SSSR count). The maximum atomic E-state index is 10.8. The molecule has 0 saturated heterocycles. The third-order valence-corrected chi connectivity index (χ3v) is 3.79. The monoisotopic (exact) mass is 378 g/mol. The summed E-state index contributed by atoms with van der Waals surface area (Å²) in [5.74, 6) is 0.965. The number of nitro groups is 1. The molecule has 0 aliphatic carbocycles. The summed E-state index contributed by atoms with van der Waals surface area (Å²) in [6, 6.07) is 9.63. The molecule has 0 fully saturated rings. The van der Waals surface area contributed by atoms with Gasteiger partial charge in [0.1, 0.15) is 6.10 Å². The van der Waals surface area contributed by atoms with E-state index in [-0.39, 0.29) is 5.69 Å². The summed E-state index contributed by atoms with van der Waals surface area (Å²) in [5.41, 5.74) is 1.32. The van der Waals surface area contributed by atoms with Crippen molar-refractivity contribution < 1.29 is 19.2 Å². The Bertz CT molecular complexity index is 810. The van der Waals surface area contributed by atoms with Crippen LogP contribution in [0, 0.1) is 10.1 Å². The Balaban J connectivity index is 2.11. The van der Waals surface area contributed by atoms with Crippen LogP contribution in [0.5, 0.6) is 11.5 Å². The van der Waals surface area contributed by atoms with Gasteiger partial charge in [0.2, 0.25) is 0 Å². The topological polar surface area (TPSA) is 83.2 Å². The minimum atomic E-state index is -0.453. The minimum absolute atomic E-state index is 0.00459. The highest BCUT2D eigenvalue weighted by atomic mass is 35.5. The largest absolute Gasteiger partial charge is 0.493 e. The van der Waals surface area contributed by atoms with Crippen molar-refractivity contribution in [3.8, 4) is 11.5 Å². The zero-order valence-electron chi connectivity index (χ0n) is 14.6. The van der Waals surface area contributed by atoms with Gasteiger partial charge in [-0.3, -0.25) is 10.1 Å². The molecule has 0 aliphatic heterocycles. The second-order valence-electron chi connectivity index (χ2n) is 5.30. The van der Waals surface area contributed by atoms with Crippen LogP contribution < -0.4 is 9.47 Å². The molecule has 8 heteroatoms. The Labute approximate surface area is 156 Å². The maximum Gasteiger partial charge on any atom is 0.269 e. The number of nitro benzene ring substituents is 1. The lowest BCUT2D eigenvalue weighted by Crippen LogP contribution is -1.99. The van der Waals surface area contributed by atoms with E-state index < -0.39 is 11.0 Å². The van der Waals surface area contributed by atoms with E-state index in [1.807, 2.05) is 6.92 Å². The number of rotatable bonds is 8. The molecule has 0 bridgehead atoms. The number of ether oxygens (including phenoxy) is 2. The predicted octanol–water partition coefficient (Wildman–Crippen LogP) is 4.77. The highest BCUT2D eigenvalue weighted by Gasteiger charge is 2.13. The van der Waals surface area contributed by atoms with E-state index in [0.717, 1.165) is 0 Å². The average molecular weight is 379 g/mol. The van der Waals surface area contributed by atoms with Crippen molar-refractivity contribution in [3.63, 3.8) is 0 Å². The van der Waals surface area contributed by atoms with E-state index in [0.29, 0.717) is 34.3 Å². The van der Waals surface area contributed by atoms with Gasteiger partial charge in [-0.1, -0.05) is 28.9 Å². The van der Waals surface area contributed by atoms with Gasteiger partial charge in [-0.15, -0.1) is 0 Å². The molecule has 7 nitrogen and oxygen atoms in total. The SMILES string of the molecule is CCOc1c(Cl)cc(/C=N\O[C@H](C)c2cccc([N+](=O)[O-])c2)cc1OC. The van der Waals surface area contributed by atoms with Gasteiger partial charge in [-0.25, -0.2) is 0 Å². The number of methoxy groups -OCH3 is 1. The van der Waals surface area contributed by atoms with Crippen molar-refractivity contribution in [1.29, 1.82) is 0 Å². The fourth-order valence-electron chi connectivity index (χ4n) is 2.23. The first kappa shape index (κ1) is 19.5. The Hall–Kier alpha value is -2.80. The first-order chi connectivity index (χ1) is 12.5. The van der Waals surface area contributed by atoms with Crippen molar-refractivity contribution in [2.24, 2.45) is 5.16 Å². The molecule has 2 aromatic rings. The fourth-order valence-corrected chi connectivity index (χ4v) is 2.51. The van der Waals surface area contributed by atoms with Crippen LogP contribution in [-0.2, 0) is 4.84 Å². The Kier molecular flexibility index (Phi) is 6.80. The van der Waals surface area contributed by atoms with E-state index in [2.05, 4.69) is 5.16 Å². The maximum absolute atomic E-state index is 10.8. The number of benzene rings is 2. The Morgan fingerprint density at radius 2 is 2.12 bits per heavy atom. The zero-order chi connectivity index (χ0) is 19.1. The van der Waals surface area contributed by atoms with Gasteiger partial charge >= 0.3 is 0 Å². The van der Waals surface area contributed by atoms with Crippen LogP contribution in [0.1, 0.15) is 31.1 Å². The summed E-state index contributed by atoms with van der Waals surface area (Å²) in [7, 11) is 1.52. The molecule has 26 heavy (non-hydrogen) atoms. The van der Waals surface area contributed by atoms with Gasteiger partial charge in [0.25, 0.3) is 5.69 Å². The number of non-ortho nitro benzene ring substituents is 1. The Morgan fingerprint density at radius 3 is 2.77 bits per heavy atom. The normalized spacial score (nSPS) is 12.0. The zero-order valence-corrected chi connectivity index (χ0v) is 15.4. The molecular weight excluding hydrogens is 360 g/mol. The van der Waals surface area contributed by atoms with Crippen LogP contribution in [0.3, 0.4) is 0 Å². The second-order valence-corrected chi connectivity index (χ2v) is 5.71. The summed E-state index contributed by atoms with van der Waals surface area (Å²) >= 11 is 6.21. The Morgan fingerprint density at radius 1 is 1.35 bits per heavy atom. The summed E-state index contributed by atoms with van der Waals surface area (Å²) in [4.78, 5) is 15.8. The number of halogens is 1. The lowest BCUT2D eigenvalue weighted by atomic mass is 10.1. The molecule has 0 unspecified atom stereocenters. The van der Waals surface area contributed by atoms with Crippen molar-refractivity contribution in [1.82, 2.24) is 0 Å². The highest BCUT2D eigenvalue weighted by molar-refractivity contribution is 6.32.